The van der Waals surface area contributed by atoms with Crippen LogP contribution in [0.5, 0.6) is 0 Å². The summed E-state index contributed by atoms with van der Waals surface area (Å²) in [6.45, 7) is 7.06. The molecule has 0 bridgehead atoms. The second kappa shape index (κ2) is 8.01. The Kier molecular flexibility index (Phi) is 5.24. The van der Waals surface area contributed by atoms with Crippen molar-refractivity contribution in [3.8, 4) is 0 Å². The number of morpholine rings is 1. The number of carbonyl (C=O) groups is 1. The van der Waals surface area contributed by atoms with Crippen LogP contribution >= 0.6 is 0 Å². The van der Waals surface area contributed by atoms with E-state index in [9.17, 15) is 4.79 Å². The highest BCUT2D eigenvalue weighted by atomic mass is 16.5. The summed E-state index contributed by atoms with van der Waals surface area (Å²) >= 11 is 0. The van der Waals surface area contributed by atoms with Crippen LogP contribution in [0.4, 0.5) is 0 Å². The molecule has 0 radical (unpaired) electrons. The molecule has 1 aromatic carbocycles. The number of piperidine rings is 1. The van der Waals surface area contributed by atoms with E-state index in [4.69, 9.17) is 9.47 Å². The summed E-state index contributed by atoms with van der Waals surface area (Å²) in [7, 11) is 0. The topological polar surface area (TPSA) is 54.9 Å². The molecule has 6 heteroatoms. The smallest absolute Gasteiger partial charge is 0.256 e. The SMILES string of the molecule is O=C(c1cccc2cccnc12)N1CCC[C@@]2(C[C@@H](CN3CCOCC3)CO2)C1. The number of rotatable bonds is 3. The Morgan fingerprint density at radius 2 is 2.03 bits per heavy atom. The second-order valence-electron chi connectivity index (χ2n) is 8.69. The van der Waals surface area contributed by atoms with Crippen molar-refractivity contribution in [1.82, 2.24) is 14.8 Å². The third kappa shape index (κ3) is 3.89. The molecule has 29 heavy (non-hydrogen) atoms. The standard InChI is InChI=1S/C23H29N3O3/c27-22(20-6-1-4-19-5-2-8-24-21(19)20)26-9-3-7-23(17-26)14-18(16-29-23)15-25-10-12-28-13-11-25/h1-2,4-6,8,18H,3,7,9-17H2/t18-,23+/m0/s1. The van der Waals surface area contributed by atoms with Crippen LogP contribution in [0.3, 0.4) is 0 Å². The average molecular weight is 396 g/mol. The summed E-state index contributed by atoms with van der Waals surface area (Å²) in [5.41, 5.74) is 1.31. The normalized spacial score (nSPS) is 28.3. The number of para-hydroxylation sites is 1. The number of ether oxygens (including phenoxy) is 2. The minimum absolute atomic E-state index is 0.0774. The van der Waals surface area contributed by atoms with E-state index in [0.29, 0.717) is 18.0 Å². The molecule has 3 aliphatic rings. The molecular weight excluding hydrogens is 366 g/mol. The van der Waals surface area contributed by atoms with Gasteiger partial charge in [0, 0.05) is 44.3 Å². The van der Waals surface area contributed by atoms with Gasteiger partial charge >= 0.3 is 0 Å². The molecule has 0 unspecified atom stereocenters. The predicted molar refractivity (Wildman–Crippen MR) is 111 cm³/mol. The highest BCUT2D eigenvalue weighted by molar-refractivity contribution is 6.05. The first-order chi connectivity index (χ1) is 14.2. The molecule has 4 heterocycles. The van der Waals surface area contributed by atoms with Crippen LogP contribution in [-0.4, -0.2) is 78.8 Å². The molecule has 1 spiro atoms. The lowest BCUT2D eigenvalue weighted by Gasteiger charge is -2.40. The zero-order chi connectivity index (χ0) is 19.7. The van der Waals surface area contributed by atoms with Crippen LogP contribution in [0, 0.1) is 5.92 Å². The quantitative estimate of drug-likeness (QED) is 0.800. The lowest BCUT2D eigenvalue weighted by molar-refractivity contribution is -0.0451. The number of fused-ring (bicyclic) bond motifs is 1. The van der Waals surface area contributed by atoms with Gasteiger partial charge in [0.15, 0.2) is 0 Å². The van der Waals surface area contributed by atoms with Crippen molar-refractivity contribution < 1.29 is 14.3 Å². The van der Waals surface area contributed by atoms with E-state index in [1.807, 2.05) is 35.2 Å². The Balaban J connectivity index is 1.28. The van der Waals surface area contributed by atoms with Crippen LogP contribution < -0.4 is 0 Å². The number of hydrogen-bond donors (Lipinski definition) is 0. The van der Waals surface area contributed by atoms with E-state index in [-0.39, 0.29) is 11.5 Å². The molecule has 3 fully saturated rings. The maximum absolute atomic E-state index is 13.4. The zero-order valence-electron chi connectivity index (χ0n) is 16.9. The van der Waals surface area contributed by atoms with Crippen molar-refractivity contribution in [2.24, 2.45) is 5.92 Å². The van der Waals surface area contributed by atoms with Crippen LogP contribution in [0.15, 0.2) is 36.5 Å². The van der Waals surface area contributed by atoms with Crippen LogP contribution in [-0.2, 0) is 9.47 Å². The Bertz CT molecular complexity index is 877. The van der Waals surface area contributed by atoms with Gasteiger partial charge in [-0.2, -0.15) is 0 Å². The van der Waals surface area contributed by atoms with Gasteiger partial charge in [0.05, 0.1) is 36.5 Å². The summed E-state index contributed by atoms with van der Waals surface area (Å²) in [6, 6.07) is 9.77. The van der Waals surface area contributed by atoms with Crippen molar-refractivity contribution in [2.45, 2.75) is 24.9 Å². The minimum Gasteiger partial charge on any atom is -0.379 e. The zero-order valence-corrected chi connectivity index (χ0v) is 16.9. The number of pyridine rings is 1. The lowest BCUT2D eigenvalue weighted by atomic mass is 9.86. The molecule has 5 rings (SSSR count). The maximum atomic E-state index is 13.4. The number of benzene rings is 1. The first-order valence-electron chi connectivity index (χ1n) is 10.8. The largest absolute Gasteiger partial charge is 0.379 e. The first kappa shape index (κ1) is 19.0. The Morgan fingerprint density at radius 3 is 2.93 bits per heavy atom. The van der Waals surface area contributed by atoms with E-state index in [1.165, 1.54) is 0 Å². The summed E-state index contributed by atoms with van der Waals surface area (Å²) < 4.78 is 11.8. The minimum atomic E-state index is -0.178. The average Bonchev–Trinajstić information content (AvgIpc) is 3.15. The predicted octanol–water partition coefficient (Wildman–Crippen LogP) is 2.58. The number of aromatic nitrogens is 1. The number of carbonyl (C=O) groups excluding carboxylic acids is 1. The number of nitrogens with zero attached hydrogens (tertiary/aromatic N) is 3. The first-order valence-corrected chi connectivity index (χ1v) is 10.8. The van der Waals surface area contributed by atoms with Crippen LogP contribution in [0.1, 0.15) is 29.6 Å². The van der Waals surface area contributed by atoms with E-state index in [2.05, 4.69) is 9.88 Å². The summed E-state index contributed by atoms with van der Waals surface area (Å²) in [4.78, 5) is 22.3. The van der Waals surface area contributed by atoms with E-state index in [1.54, 1.807) is 6.20 Å². The summed E-state index contributed by atoms with van der Waals surface area (Å²) in [6.07, 6.45) is 4.84. The Hall–Kier alpha value is -2.02. The van der Waals surface area contributed by atoms with Crippen LogP contribution in [0.2, 0.25) is 0 Å². The fourth-order valence-corrected chi connectivity index (χ4v) is 5.21. The van der Waals surface area contributed by atoms with Gasteiger partial charge in [-0.15, -0.1) is 0 Å². The third-order valence-corrected chi connectivity index (χ3v) is 6.60. The molecule has 2 aromatic rings. The van der Waals surface area contributed by atoms with Gasteiger partial charge in [-0.25, -0.2) is 0 Å². The van der Waals surface area contributed by atoms with E-state index >= 15 is 0 Å². The highest BCUT2D eigenvalue weighted by Gasteiger charge is 2.45. The van der Waals surface area contributed by atoms with Gasteiger partial charge in [-0.05, 0) is 37.3 Å². The number of hydrogen-bond acceptors (Lipinski definition) is 5. The van der Waals surface area contributed by atoms with Crippen LogP contribution in [0.25, 0.3) is 10.9 Å². The molecule has 1 aromatic heterocycles. The molecule has 3 aliphatic heterocycles. The molecule has 6 nitrogen and oxygen atoms in total. The van der Waals surface area contributed by atoms with Crippen molar-refractivity contribution >= 4 is 16.8 Å². The van der Waals surface area contributed by atoms with Gasteiger partial charge in [-0.3, -0.25) is 14.7 Å². The molecule has 0 N–H and O–H groups in total. The lowest BCUT2D eigenvalue weighted by Crippen LogP contribution is -2.50. The fraction of sp³-hybridized carbons (Fsp3) is 0.565. The monoisotopic (exact) mass is 395 g/mol. The van der Waals surface area contributed by atoms with Gasteiger partial charge < -0.3 is 14.4 Å². The van der Waals surface area contributed by atoms with Gasteiger partial charge in [0.2, 0.25) is 0 Å². The molecule has 0 aliphatic carbocycles. The molecule has 3 saturated heterocycles. The summed E-state index contributed by atoms with van der Waals surface area (Å²) in [5.74, 6) is 0.621. The molecular formula is C23H29N3O3. The Labute approximate surface area is 171 Å². The summed E-state index contributed by atoms with van der Waals surface area (Å²) in [5, 5.41) is 1.01. The Morgan fingerprint density at radius 1 is 1.17 bits per heavy atom. The van der Waals surface area contributed by atoms with Crippen molar-refractivity contribution in [2.75, 3.05) is 52.5 Å². The van der Waals surface area contributed by atoms with Gasteiger partial charge in [0.25, 0.3) is 5.91 Å². The maximum Gasteiger partial charge on any atom is 0.256 e. The fourth-order valence-electron chi connectivity index (χ4n) is 5.21. The van der Waals surface area contributed by atoms with Gasteiger partial charge in [-0.1, -0.05) is 18.2 Å². The number of likely N-dealkylation sites (tertiary alicyclic amines) is 1. The van der Waals surface area contributed by atoms with Crippen molar-refractivity contribution in [3.63, 3.8) is 0 Å². The molecule has 2 atom stereocenters. The van der Waals surface area contributed by atoms with E-state index < -0.39 is 0 Å². The number of amides is 1. The van der Waals surface area contributed by atoms with Crippen molar-refractivity contribution in [3.05, 3.63) is 42.1 Å². The molecule has 1 amide bonds. The third-order valence-electron chi connectivity index (χ3n) is 6.60. The molecule has 154 valence electrons. The van der Waals surface area contributed by atoms with Gasteiger partial charge in [0.1, 0.15) is 0 Å². The van der Waals surface area contributed by atoms with Crippen molar-refractivity contribution in [1.29, 1.82) is 0 Å². The highest BCUT2D eigenvalue weighted by Crippen LogP contribution is 2.38. The second-order valence-corrected chi connectivity index (χ2v) is 8.69. The van der Waals surface area contributed by atoms with E-state index in [0.717, 1.165) is 76.2 Å². The molecule has 0 saturated carbocycles.